The molecule has 0 aliphatic carbocycles. The highest BCUT2D eigenvalue weighted by Crippen LogP contribution is 2.27. The predicted octanol–water partition coefficient (Wildman–Crippen LogP) is 3.71. The third-order valence-corrected chi connectivity index (χ3v) is 6.88. The third kappa shape index (κ3) is 3.67. The second kappa shape index (κ2) is 7.75. The van der Waals surface area contributed by atoms with Crippen LogP contribution in [0.25, 0.3) is 0 Å². The lowest BCUT2D eigenvalue weighted by Gasteiger charge is -2.25. The molecule has 0 radical (unpaired) electrons. The van der Waals surface area contributed by atoms with Crippen LogP contribution in [0.2, 0.25) is 0 Å². The van der Waals surface area contributed by atoms with E-state index >= 15 is 0 Å². The van der Waals surface area contributed by atoms with Gasteiger partial charge < -0.3 is 4.57 Å². The zero-order chi connectivity index (χ0) is 19.6. The van der Waals surface area contributed by atoms with E-state index in [1.54, 1.807) is 24.3 Å². The number of rotatable bonds is 5. The van der Waals surface area contributed by atoms with Crippen LogP contribution in [-0.4, -0.2) is 23.2 Å². The lowest BCUT2D eigenvalue weighted by Crippen LogP contribution is -2.32. The molecule has 1 aliphatic heterocycles. The van der Waals surface area contributed by atoms with Crippen molar-refractivity contribution in [3.05, 3.63) is 71.8 Å². The minimum atomic E-state index is -3.73. The fraction of sp³-hybridized carbons (Fsp3) is 0.333. The lowest BCUT2D eigenvalue weighted by atomic mass is 10.2. The first-order valence-corrected chi connectivity index (χ1v) is 11.0. The molecule has 0 unspecified atom stereocenters. The molecule has 1 aliphatic rings. The van der Waals surface area contributed by atoms with Crippen LogP contribution in [0.4, 0.5) is 5.69 Å². The van der Waals surface area contributed by atoms with Crippen LogP contribution in [0.3, 0.4) is 0 Å². The Morgan fingerprint density at radius 3 is 2.61 bits per heavy atom. The zero-order valence-corrected chi connectivity index (χ0v) is 16.8. The Bertz CT molecular complexity index is 1060. The molecule has 0 saturated heterocycles. The van der Waals surface area contributed by atoms with Crippen LogP contribution in [0.15, 0.2) is 59.5 Å². The molecule has 0 spiro atoms. The molecule has 2 heterocycles. The Morgan fingerprint density at radius 1 is 1.00 bits per heavy atom. The average molecular weight is 397 g/mol. The van der Waals surface area contributed by atoms with Crippen molar-refractivity contribution in [3.63, 3.8) is 0 Å². The van der Waals surface area contributed by atoms with Gasteiger partial charge in [0, 0.05) is 13.0 Å². The van der Waals surface area contributed by atoms with Gasteiger partial charge in [0.2, 0.25) is 0 Å². The molecular formula is C21H24N4O2S. The third-order valence-electron chi connectivity index (χ3n) is 5.09. The normalized spacial score (nSPS) is 14.3. The molecule has 0 amide bonds. The van der Waals surface area contributed by atoms with E-state index in [9.17, 15) is 8.42 Å². The first-order chi connectivity index (χ1) is 13.6. The number of sulfonamides is 1. The topological polar surface area (TPSA) is 68.1 Å². The van der Waals surface area contributed by atoms with Gasteiger partial charge in [-0.15, -0.1) is 10.2 Å². The van der Waals surface area contributed by atoms with Gasteiger partial charge >= 0.3 is 0 Å². The quantitative estimate of drug-likeness (QED) is 0.659. The van der Waals surface area contributed by atoms with Crippen molar-refractivity contribution in [1.29, 1.82) is 0 Å². The Kier molecular flexibility index (Phi) is 5.17. The summed E-state index contributed by atoms with van der Waals surface area (Å²) in [6.07, 6.45) is 4.21. The average Bonchev–Trinajstić information content (AvgIpc) is 2.92. The minimum absolute atomic E-state index is 0.160. The Labute approximate surface area is 165 Å². The van der Waals surface area contributed by atoms with Gasteiger partial charge in [0.1, 0.15) is 5.82 Å². The van der Waals surface area contributed by atoms with Gasteiger partial charge in [-0.25, -0.2) is 8.42 Å². The van der Waals surface area contributed by atoms with Gasteiger partial charge in [0.25, 0.3) is 10.0 Å². The number of hydrogen-bond donors (Lipinski definition) is 0. The highest BCUT2D eigenvalue weighted by Gasteiger charge is 2.28. The molecule has 1 aromatic heterocycles. The van der Waals surface area contributed by atoms with Crippen LogP contribution in [-0.2, 0) is 29.5 Å². The second-order valence-corrected chi connectivity index (χ2v) is 9.02. The number of anilines is 1. The van der Waals surface area contributed by atoms with E-state index in [4.69, 9.17) is 0 Å². The van der Waals surface area contributed by atoms with E-state index in [-0.39, 0.29) is 11.4 Å². The van der Waals surface area contributed by atoms with Crippen LogP contribution in [0.1, 0.15) is 36.5 Å². The SMILES string of the molecule is Cc1cccc(N(Cc2nnc3n2CCCCC3)S(=O)(=O)c2ccccc2)c1. The largest absolute Gasteiger partial charge is 0.313 e. The van der Waals surface area contributed by atoms with Crippen molar-refractivity contribution in [1.82, 2.24) is 14.8 Å². The molecule has 6 nitrogen and oxygen atoms in total. The van der Waals surface area contributed by atoms with E-state index in [2.05, 4.69) is 14.8 Å². The van der Waals surface area contributed by atoms with Crippen molar-refractivity contribution in [2.45, 2.75) is 50.6 Å². The van der Waals surface area contributed by atoms with Gasteiger partial charge in [0.15, 0.2) is 5.82 Å². The molecule has 0 atom stereocenters. The van der Waals surface area contributed by atoms with E-state index in [1.165, 1.54) is 4.31 Å². The molecular weight excluding hydrogens is 372 g/mol. The standard InChI is InChI=1S/C21H24N4O2S/c1-17-9-8-10-18(15-17)25(28(26,27)19-11-4-2-5-12-19)16-21-23-22-20-13-6-3-7-14-24(20)21/h2,4-5,8-12,15H,3,6-7,13-14,16H2,1H3. The number of aryl methyl sites for hydroxylation is 2. The molecule has 7 heteroatoms. The Hall–Kier alpha value is -2.67. The molecule has 4 rings (SSSR count). The first-order valence-electron chi connectivity index (χ1n) is 9.61. The predicted molar refractivity (Wildman–Crippen MR) is 109 cm³/mol. The van der Waals surface area contributed by atoms with Crippen LogP contribution >= 0.6 is 0 Å². The summed E-state index contributed by atoms with van der Waals surface area (Å²) < 4.78 is 30.5. The maximum atomic E-state index is 13.5. The highest BCUT2D eigenvalue weighted by molar-refractivity contribution is 7.92. The van der Waals surface area contributed by atoms with E-state index in [0.29, 0.717) is 11.5 Å². The highest BCUT2D eigenvalue weighted by atomic mass is 32.2. The maximum absolute atomic E-state index is 13.5. The van der Waals surface area contributed by atoms with Gasteiger partial charge in [-0.1, -0.05) is 36.8 Å². The summed E-state index contributed by atoms with van der Waals surface area (Å²) in [4.78, 5) is 0.270. The van der Waals surface area contributed by atoms with Crippen molar-refractivity contribution >= 4 is 15.7 Å². The summed E-state index contributed by atoms with van der Waals surface area (Å²) in [6.45, 7) is 2.96. The van der Waals surface area contributed by atoms with Gasteiger partial charge in [0.05, 0.1) is 17.1 Å². The number of aromatic nitrogens is 3. The lowest BCUT2D eigenvalue weighted by molar-refractivity contribution is 0.580. The number of hydrogen-bond acceptors (Lipinski definition) is 4. The zero-order valence-electron chi connectivity index (χ0n) is 16.0. The molecule has 0 saturated carbocycles. The second-order valence-electron chi connectivity index (χ2n) is 7.16. The maximum Gasteiger partial charge on any atom is 0.264 e. The van der Waals surface area contributed by atoms with Gasteiger partial charge in [-0.3, -0.25) is 4.31 Å². The van der Waals surface area contributed by atoms with Gasteiger partial charge in [-0.2, -0.15) is 0 Å². The monoisotopic (exact) mass is 396 g/mol. The minimum Gasteiger partial charge on any atom is -0.313 e. The Balaban J connectivity index is 1.78. The van der Waals surface area contributed by atoms with E-state index in [0.717, 1.165) is 43.6 Å². The van der Waals surface area contributed by atoms with Crippen LogP contribution in [0.5, 0.6) is 0 Å². The fourth-order valence-electron chi connectivity index (χ4n) is 3.61. The molecule has 0 fully saturated rings. The van der Waals surface area contributed by atoms with Gasteiger partial charge in [-0.05, 0) is 49.6 Å². The van der Waals surface area contributed by atoms with Crippen molar-refractivity contribution < 1.29 is 8.42 Å². The molecule has 28 heavy (non-hydrogen) atoms. The summed E-state index contributed by atoms with van der Waals surface area (Å²) in [7, 11) is -3.73. The summed E-state index contributed by atoms with van der Waals surface area (Å²) in [5.74, 6) is 1.65. The number of fused-ring (bicyclic) bond motifs is 1. The molecule has 0 bridgehead atoms. The molecule has 146 valence electrons. The van der Waals surface area contributed by atoms with Crippen LogP contribution in [0, 0.1) is 6.92 Å². The van der Waals surface area contributed by atoms with E-state index in [1.807, 2.05) is 37.3 Å². The summed E-state index contributed by atoms with van der Waals surface area (Å²) in [5.41, 5.74) is 1.64. The van der Waals surface area contributed by atoms with Crippen molar-refractivity contribution in [3.8, 4) is 0 Å². The van der Waals surface area contributed by atoms with Crippen LogP contribution < -0.4 is 4.31 Å². The Morgan fingerprint density at radius 2 is 1.82 bits per heavy atom. The number of nitrogens with zero attached hydrogens (tertiary/aromatic N) is 4. The summed E-state index contributed by atoms with van der Waals surface area (Å²) in [6, 6.07) is 16.1. The molecule has 2 aromatic carbocycles. The fourth-order valence-corrected chi connectivity index (χ4v) is 5.04. The summed E-state index contributed by atoms with van der Waals surface area (Å²) >= 11 is 0. The first kappa shape index (κ1) is 18.7. The smallest absolute Gasteiger partial charge is 0.264 e. The summed E-state index contributed by atoms with van der Waals surface area (Å²) in [5, 5.41) is 8.67. The number of benzene rings is 2. The van der Waals surface area contributed by atoms with Crippen molar-refractivity contribution in [2.24, 2.45) is 0 Å². The molecule has 0 N–H and O–H groups in total. The van der Waals surface area contributed by atoms with Crippen molar-refractivity contribution in [2.75, 3.05) is 4.31 Å². The van der Waals surface area contributed by atoms with E-state index < -0.39 is 10.0 Å². The molecule has 3 aromatic rings.